The van der Waals surface area contributed by atoms with Gasteiger partial charge in [0.15, 0.2) is 81.6 Å². The van der Waals surface area contributed by atoms with E-state index in [2.05, 4.69) is 0 Å². The molecule has 27 nitrogen and oxygen atoms in total. The van der Waals surface area contributed by atoms with Crippen LogP contribution in [0.3, 0.4) is 0 Å². The van der Waals surface area contributed by atoms with Gasteiger partial charge in [-0.25, -0.2) is 24.0 Å². The summed E-state index contributed by atoms with van der Waals surface area (Å²) >= 11 is 0. The first-order valence-electron chi connectivity index (χ1n) is 19.1. The smallest absolute Gasteiger partial charge is 0.341 e. The van der Waals surface area contributed by atoms with E-state index in [1.165, 1.54) is 0 Å². The van der Waals surface area contributed by atoms with Gasteiger partial charge in [-0.3, -0.25) is 9.59 Å². The zero-order chi connectivity index (χ0) is 49.8. The summed E-state index contributed by atoms with van der Waals surface area (Å²) < 4.78 is 38.6. The zero-order valence-electron chi connectivity index (χ0n) is 33.6. The SMILES string of the molecule is O=C(O)CC1C(=O)O[C@H]2[C@H](OC(=O)c3cc(O)c(O)c(O)c3)[C@@H](OC(=O)c3cc(O)c(O)c4c3[C@H]1[C@H](O)C(=O)O4)[C@H](OC(=O)c1cc(O)c(O)c(O)c1)O[C@@H]2COC(=O)c1cc(O)c(O)c(O)c1. The van der Waals surface area contributed by atoms with Gasteiger partial charge in [0.2, 0.25) is 18.1 Å². The molecular weight excluding hydrogens is 924 g/mol. The normalized spacial score (nSPS) is 23.0. The van der Waals surface area contributed by atoms with Gasteiger partial charge in [0.25, 0.3) is 0 Å². The summed E-state index contributed by atoms with van der Waals surface area (Å²) in [6.07, 6.45) is -16.3. The molecule has 0 radical (unpaired) electrons. The van der Waals surface area contributed by atoms with Gasteiger partial charge in [-0.2, -0.15) is 0 Å². The van der Waals surface area contributed by atoms with E-state index in [-0.39, 0.29) is 0 Å². The van der Waals surface area contributed by atoms with Crippen LogP contribution in [0.4, 0.5) is 0 Å². The second-order valence-electron chi connectivity index (χ2n) is 14.9. The number of fused-ring (bicyclic) bond motifs is 2. The lowest BCUT2D eigenvalue weighted by Crippen LogP contribution is -2.63. The first kappa shape index (κ1) is 46.9. The highest BCUT2D eigenvalue weighted by Gasteiger charge is 2.57. The van der Waals surface area contributed by atoms with Gasteiger partial charge < -0.3 is 99.5 Å². The summed E-state index contributed by atoms with van der Waals surface area (Å²) in [4.78, 5) is 95.4. The molecule has 0 aliphatic carbocycles. The number of hydrogen-bond donors (Lipinski definition) is 13. The predicted molar refractivity (Wildman–Crippen MR) is 207 cm³/mol. The van der Waals surface area contributed by atoms with Gasteiger partial charge in [0, 0.05) is 11.5 Å². The number of esters is 6. The van der Waals surface area contributed by atoms with Crippen molar-refractivity contribution in [2.24, 2.45) is 5.92 Å². The summed E-state index contributed by atoms with van der Waals surface area (Å²) in [7, 11) is 0. The Morgan fingerprint density at radius 3 is 1.54 bits per heavy atom. The number of benzene rings is 4. The fraction of sp³-hybridized carbons (Fsp3) is 0.244. The molecule has 3 heterocycles. The van der Waals surface area contributed by atoms with E-state index in [1.807, 2.05) is 0 Å². The van der Waals surface area contributed by atoms with Crippen molar-refractivity contribution in [3.05, 3.63) is 70.3 Å². The van der Waals surface area contributed by atoms with Crippen LogP contribution in [-0.4, -0.2) is 152 Å². The van der Waals surface area contributed by atoms with E-state index in [1.54, 1.807) is 0 Å². The molecule has 0 aromatic heterocycles. The van der Waals surface area contributed by atoms with E-state index < -0.39 is 200 Å². The standard InChI is InChI=1S/C41H32O27/c42-15-1-10(2-16(43)26(15)51)35(56)62-9-22-31-33(66-36(57)11-3-17(44)27(52)18(45)4-11)34(41(63-22)68-37(58)12-5-19(46)28(53)20(47)6-12)67-38(59)13-7-21(48)29(54)32-25(13)24(30(55)40(61)65-32)14(8-23(49)50)39(60)64-31/h1-7,14,22,24,30-31,33-34,41-48,51-55H,8-9H2,(H,49,50)/t14?,22-,24+,30+,31-,33+,34-,41+/m1/s1. The van der Waals surface area contributed by atoms with Gasteiger partial charge in [-0.15, -0.1) is 0 Å². The minimum absolute atomic E-state index is 0.449. The molecule has 3 aliphatic rings. The summed E-state index contributed by atoms with van der Waals surface area (Å²) in [6, 6.07) is 3.84. The summed E-state index contributed by atoms with van der Waals surface area (Å²) in [5.74, 6) is -29.8. The molecule has 2 bridgehead atoms. The minimum Gasteiger partial charge on any atom is -0.504 e. The van der Waals surface area contributed by atoms with Gasteiger partial charge >= 0.3 is 41.8 Å². The lowest BCUT2D eigenvalue weighted by Gasteiger charge is -2.44. The Morgan fingerprint density at radius 2 is 1.04 bits per heavy atom. The average molecular weight is 957 g/mol. The van der Waals surface area contributed by atoms with Gasteiger partial charge in [-0.1, -0.05) is 0 Å². The highest BCUT2D eigenvalue weighted by Crippen LogP contribution is 2.51. The molecule has 8 atom stereocenters. The van der Waals surface area contributed by atoms with Crippen molar-refractivity contribution >= 4 is 41.8 Å². The Labute approximate surface area is 375 Å². The third-order valence-electron chi connectivity index (χ3n) is 10.6. The Morgan fingerprint density at radius 1 is 0.574 bits per heavy atom. The molecule has 0 amide bonds. The van der Waals surface area contributed by atoms with Gasteiger partial charge in [-0.05, 0) is 42.5 Å². The van der Waals surface area contributed by atoms with Crippen LogP contribution < -0.4 is 4.74 Å². The molecule has 1 fully saturated rings. The molecule has 358 valence electrons. The molecule has 27 heteroatoms. The molecule has 1 saturated heterocycles. The zero-order valence-corrected chi connectivity index (χ0v) is 33.6. The number of phenols is 11. The lowest BCUT2D eigenvalue weighted by molar-refractivity contribution is -0.287. The largest absolute Gasteiger partial charge is 0.504 e. The third kappa shape index (κ3) is 8.58. The fourth-order valence-electron chi connectivity index (χ4n) is 7.37. The number of aliphatic carboxylic acids is 1. The third-order valence-corrected chi connectivity index (χ3v) is 10.6. The van der Waals surface area contributed by atoms with Crippen molar-refractivity contribution in [1.29, 1.82) is 0 Å². The number of rotatable bonds is 9. The van der Waals surface area contributed by atoms with Crippen LogP contribution in [0.25, 0.3) is 0 Å². The second-order valence-corrected chi connectivity index (χ2v) is 14.9. The number of aliphatic hydroxyl groups is 1. The molecule has 68 heavy (non-hydrogen) atoms. The molecule has 0 spiro atoms. The number of ether oxygens (including phenoxy) is 7. The minimum atomic E-state index is -2.57. The Kier molecular flexibility index (Phi) is 12.2. The number of aromatic hydroxyl groups is 11. The average Bonchev–Trinajstić information content (AvgIpc) is 3.28. The molecule has 4 aromatic carbocycles. The van der Waals surface area contributed by atoms with Crippen LogP contribution in [0, 0.1) is 5.92 Å². The van der Waals surface area contributed by atoms with Crippen molar-refractivity contribution in [1.82, 2.24) is 0 Å². The number of carboxylic acid groups (broad SMARTS) is 1. The van der Waals surface area contributed by atoms with Crippen LogP contribution in [0.15, 0.2) is 42.5 Å². The first-order valence-corrected chi connectivity index (χ1v) is 19.1. The number of carboxylic acids is 1. The Bertz CT molecular complexity index is 2750. The molecule has 13 N–H and O–H groups in total. The quantitative estimate of drug-likeness (QED) is 0.0455. The van der Waals surface area contributed by atoms with E-state index in [4.69, 9.17) is 33.2 Å². The number of carbonyl (C=O) groups is 7. The summed E-state index contributed by atoms with van der Waals surface area (Å²) in [5.41, 5.74) is -4.15. The maximum absolute atomic E-state index is 14.5. The van der Waals surface area contributed by atoms with Crippen molar-refractivity contribution in [2.75, 3.05) is 6.61 Å². The van der Waals surface area contributed by atoms with Crippen LogP contribution in [0.2, 0.25) is 0 Å². The fourth-order valence-corrected chi connectivity index (χ4v) is 7.37. The topological polar surface area (TPSA) is 447 Å². The first-order chi connectivity index (χ1) is 32.0. The monoisotopic (exact) mass is 956 g/mol. The molecule has 0 saturated carbocycles. The molecular formula is C41H32O27. The molecule has 4 aromatic rings. The van der Waals surface area contributed by atoms with E-state index >= 15 is 0 Å². The van der Waals surface area contributed by atoms with E-state index in [9.17, 15) is 99.9 Å². The summed E-state index contributed by atoms with van der Waals surface area (Å²) in [6.45, 7) is -1.28. The predicted octanol–water partition coefficient (Wildman–Crippen LogP) is 0.0179. The Balaban J connectivity index is 1.44. The maximum atomic E-state index is 14.5. The lowest BCUT2D eigenvalue weighted by atomic mass is 9.76. The van der Waals surface area contributed by atoms with Crippen molar-refractivity contribution in [3.8, 4) is 69.0 Å². The maximum Gasteiger partial charge on any atom is 0.341 e. The number of phenolic OH excluding ortho intramolecular Hbond substituents is 11. The number of carbonyl (C=O) groups excluding carboxylic acids is 6. The van der Waals surface area contributed by atoms with E-state index in [0.29, 0.717) is 42.5 Å². The van der Waals surface area contributed by atoms with Crippen molar-refractivity contribution in [3.63, 3.8) is 0 Å². The molecule has 1 unspecified atom stereocenters. The highest BCUT2D eigenvalue weighted by molar-refractivity contribution is 5.98. The Hall–Kier alpha value is -9.11. The summed E-state index contributed by atoms with van der Waals surface area (Å²) in [5, 5.41) is 133. The van der Waals surface area contributed by atoms with Crippen LogP contribution in [0.5, 0.6) is 69.0 Å². The second kappa shape index (κ2) is 17.7. The highest BCUT2D eigenvalue weighted by atomic mass is 16.7. The van der Waals surface area contributed by atoms with Crippen LogP contribution in [0.1, 0.15) is 59.3 Å². The number of aliphatic hydroxyl groups excluding tert-OH is 1. The molecule has 3 aliphatic heterocycles. The number of hydrogen-bond acceptors (Lipinski definition) is 26. The van der Waals surface area contributed by atoms with Crippen molar-refractivity contribution < 1.29 is 133 Å². The van der Waals surface area contributed by atoms with Crippen molar-refractivity contribution in [2.45, 2.75) is 49.1 Å². The van der Waals surface area contributed by atoms with Gasteiger partial charge in [0.1, 0.15) is 12.7 Å². The van der Waals surface area contributed by atoms with Gasteiger partial charge in [0.05, 0.1) is 34.6 Å². The van der Waals surface area contributed by atoms with Crippen LogP contribution >= 0.6 is 0 Å². The molecule has 7 rings (SSSR count). The van der Waals surface area contributed by atoms with Crippen LogP contribution in [-0.2, 0) is 42.8 Å². The van der Waals surface area contributed by atoms with E-state index in [0.717, 1.165) is 0 Å².